The second-order valence-corrected chi connectivity index (χ2v) is 6.88. The Morgan fingerprint density at radius 1 is 1.33 bits per heavy atom. The molecular weight excluding hydrogens is 374 g/mol. The lowest BCUT2D eigenvalue weighted by molar-refractivity contribution is -0.157. The molecule has 0 radical (unpaired) electrons. The molecule has 0 aliphatic rings. The van der Waals surface area contributed by atoms with Crippen molar-refractivity contribution in [3.05, 3.63) is 27.8 Å². The fraction of sp³-hybridized carbons (Fsp3) is 0.526. The first-order valence-electron chi connectivity index (χ1n) is 8.68. The van der Waals surface area contributed by atoms with Gasteiger partial charge >= 0.3 is 17.9 Å². The molecule has 8 heteroatoms. The average molecular weight is 400 g/mol. The van der Waals surface area contributed by atoms with E-state index in [0.29, 0.717) is 33.8 Å². The van der Waals surface area contributed by atoms with Crippen LogP contribution in [0.5, 0.6) is 0 Å². The average Bonchev–Trinajstić information content (AvgIpc) is 2.58. The van der Waals surface area contributed by atoms with Gasteiger partial charge in [0.1, 0.15) is 6.61 Å². The van der Waals surface area contributed by atoms with E-state index in [1.54, 1.807) is 19.9 Å². The van der Waals surface area contributed by atoms with Crippen molar-refractivity contribution in [2.45, 2.75) is 59.7 Å². The Morgan fingerprint density at radius 2 is 1.96 bits per heavy atom. The van der Waals surface area contributed by atoms with E-state index in [9.17, 15) is 19.5 Å². The Labute approximate surface area is 163 Å². The second-order valence-electron chi connectivity index (χ2n) is 6.47. The zero-order valence-electron chi connectivity index (χ0n) is 16.0. The molecule has 0 saturated heterocycles. The van der Waals surface area contributed by atoms with E-state index in [1.165, 1.54) is 6.92 Å². The van der Waals surface area contributed by atoms with Gasteiger partial charge in [0.25, 0.3) is 0 Å². The number of nitrogens with two attached hydrogens (primary N) is 1. The third-order valence-corrected chi connectivity index (χ3v) is 4.65. The van der Waals surface area contributed by atoms with Crippen LogP contribution >= 0.6 is 11.6 Å². The van der Waals surface area contributed by atoms with E-state index in [1.807, 2.05) is 6.92 Å². The minimum atomic E-state index is -1.11. The molecule has 0 aliphatic heterocycles. The fourth-order valence-electron chi connectivity index (χ4n) is 2.55. The van der Waals surface area contributed by atoms with E-state index in [-0.39, 0.29) is 25.6 Å². The van der Waals surface area contributed by atoms with Crippen molar-refractivity contribution in [3.63, 3.8) is 0 Å². The van der Waals surface area contributed by atoms with Gasteiger partial charge in [-0.25, -0.2) is 0 Å². The van der Waals surface area contributed by atoms with Crippen LogP contribution in [0.1, 0.15) is 50.3 Å². The lowest BCUT2D eigenvalue weighted by Gasteiger charge is -2.21. The molecule has 2 unspecified atom stereocenters. The van der Waals surface area contributed by atoms with Crippen molar-refractivity contribution in [3.8, 4) is 0 Å². The van der Waals surface area contributed by atoms with Gasteiger partial charge in [-0.2, -0.15) is 0 Å². The molecule has 27 heavy (non-hydrogen) atoms. The summed E-state index contributed by atoms with van der Waals surface area (Å²) in [6, 6.07) is 1.58. The van der Waals surface area contributed by atoms with E-state index < -0.39 is 23.8 Å². The Hall–Kier alpha value is -2.28. The van der Waals surface area contributed by atoms with Gasteiger partial charge in [-0.15, -0.1) is 0 Å². The third kappa shape index (κ3) is 6.75. The summed E-state index contributed by atoms with van der Waals surface area (Å²) in [6.07, 6.45) is 0.00398. The number of carboxylic acids is 1. The summed E-state index contributed by atoms with van der Waals surface area (Å²) in [4.78, 5) is 34.9. The molecular formula is C19H26ClNO6. The molecule has 0 bridgehead atoms. The summed E-state index contributed by atoms with van der Waals surface area (Å²) in [5.41, 5.74) is 8.14. The van der Waals surface area contributed by atoms with Gasteiger partial charge < -0.3 is 20.3 Å². The summed E-state index contributed by atoms with van der Waals surface area (Å²) in [6.45, 7) is 6.58. The SMILES string of the molecule is CCC(C)OC(=O)C(CC(=O)O)Cc1cc(Cl)c(N)c(C)c1COC(C)=O. The van der Waals surface area contributed by atoms with Crippen LogP contribution in [-0.4, -0.2) is 29.1 Å². The van der Waals surface area contributed by atoms with Crippen molar-refractivity contribution < 1.29 is 29.0 Å². The highest BCUT2D eigenvalue weighted by molar-refractivity contribution is 6.33. The fourth-order valence-corrected chi connectivity index (χ4v) is 2.82. The Bertz CT molecular complexity index is 719. The summed E-state index contributed by atoms with van der Waals surface area (Å²) < 4.78 is 10.4. The third-order valence-electron chi connectivity index (χ3n) is 4.34. The van der Waals surface area contributed by atoms with Crippen LogP contribution in [0.25, 0.3) is 0 Å². The summed E-state index contributed by atoms with van der Waals surface area (Å²) >= 11 is 6.16. The van der Waals surface area contributed by atoms with E-state index in [0.717, 1.165) is 0 Å². The molecule has 0 aliphatic carbocycles. The molecule has 0 heterocycles. The van der Waals surface area contributed by atoms with Crippen LogP contribution in [0.3, 0.4) is 0 Å². The quantitative estimate of drug-likeness (QED) is 0.483. The number of nitrogen functional groups attached to an aromatic ring is 1. The van der Waals surface area contributed by atoms with Gasteiger partial charge in [-0.05, 0) is 49.4 Å². The number of benzene rings is 1. The number of hydrogen-bond donors (Lipinski definition) is 2. The van der Waals surface area contributed by atoms with E-state index >= 15 is 0 Å². The lowest BCUT2D eigenvalue weighted by Crippen LogP contribution is -2.27. The first kappa shape index (κ1) is 22.8. The molecule has 3 N–H and O–H groups in total. The topological polar surface area (TPSA) is 116 Å². The molecule has 1 rings (SSSR count). The molecule has 0 fully saturated rings. The minimum Gasteiger partial charge on any atom is -0.481 e. The predicted molar refractivity (Wildman–Crippen MR) is 101 cm³/mol. The zero-order valence-corrected chi connectivity index (χ0v) is 16.8. The predicted octanol–water partition coefficient (Wildman–Crippen LogP) is 3.27. The van der Waals surface area contributed by atoms with Crippen LogP contribution in [0.4, 0.5) is 5.69 Å². The molecule has 0 saturated carbocycles. The van der Waals surface area contributed by atoms with Crippen molar-refractivity contribution in [2.24, 2.45) is 5.92 Å². The van der Waals surface area contributed by atoms with Gasteiger partial charge in [0.15, 0.2) is 0 Å². The highest BCUT2D eigenvalue weighted by Crippen LogP contribution is 2.31. The van der Waals surface area contributed by atoms with Crippen molar-refractivity contribution in [1.29, 1.82) is 0 Å². The lowest BCUT2D eigenvalue weighted by atomic mass is 9.90. The monoisotopic (exact) mass is 399 g/mol. The maximum absolute atomic E-state index is 12.4. The van der Waals surface area contributed by atoms with Crippen LogP contribution in [0, 0.1) is 12.8 Å². The number of carbonyl (C=O) groups is 3. The van der Waals surface area contributed by atoms with Gasteiger partial charge in [0, 0.05) is 6.92 Å². The van der Waals surface area contributed by atoms with Crippen LogP contribution in [0.2, 0.25) is 5.02 Å². The van der Waals surface area contributed by atoms with Gasteiger partial charge in [-0.3, -0.25) is 14.4 Å². The highest BCUT2D eigenvalue weighted by atomic mass is 35.5. The first-order valence-corrected chi connectivity index (χ1v) is 9.06. The van der Waals surface area contributed by atoms with Crippen LogP contribution < -0.4 is 5.73 Å². The number of aliphatic carboxylic acids is 1. The van der Waals surface area contributed by atoms with Gasteiger partial charge in [0.2, 0.25) is 0 Å². The van der Waals surface area contributed by atoms with Crippen molar-refractivity contribution in [1.82, 2.24) is 0 Å². The van der Waals surface area contributed by atoms with Gasteiger partial charge in [0.05, 0.1) is 29.2 Å². The number of esters is 2. The molecule has 0 spiro atoms. The summed E-state index contributed by atoms with van der Waals surface area (Å²) in [5, 5.41) is 9.47. The Kier molecular flexibility index (Phi) is 8.56. The normalized spacial score (nSPS) is 12.9. The number of ether oxygens (including phenoxy) is 2. The second kappa shape index (κ2) is 10.2. The van der Waals surface area contributed by atoms with E-state index in [4.69, 9.17) is 26.8 Å². The Morgan fingerprint density at radius 3 is 2.48 bits per heavy atom. The largest absolute Gasteiger partial charge is 0.481 e. The highest BCUT2D eigenvalue weighted by Gasteiger charge is 2.27. The smallest absolute Gasteiger partial charge is 0.310 e. The van der Waals surface area contributed by atoms with E-state index in [2.05, 4.69) is 0 Å². The zero-order chi connectivity index (χ0) is 20.7. The maximum Gasteiger partial charge on any atom is 0.310 e. The number of anilines is 1. The first-order chi connectivity index (χ1) is 12.6. The molecule has 2 atom stereocenters. The van der Waals surface area contributed by atoms with Crippen molar-refractivity contribution in [2.75, 3.05) is 5.73 Å². The van der Waals surface area contributed by atoms with Crippen LogP contribution in [0.15, 0.2) is 6.07 Å². The molecule has 0 aromatic heterocycles. The molecule has 7 nitrogen and oxygen atoms in total. The van der Waals surface area contributed by atoms with Crippen molar-refractivity contribution >= 4 is 35.2 Å². The summed E-state index contributed by atoms with van der Waals surface area (Å²) in [7, 11) is 0. The molecule has 0 amide bonds. The number of carboxylic acid groups (broad SMARTS) is 1. The number of halogens is 1. The maximum atomic E-state index is 12.4. The summed E-state index contributed by atoms with van der Waals surface area (Å²) in [5.74, 6) is -3.06. The van der Waals surface area contributed by atoms with Gasteiger partial charge in [-0.1, -0.05) is 18.5 Å². The van der Waals surface area contributed by atoms with Crippen LogP contribution in [-0.2, 0) is 36.9 Å². The number of hydrogen-bond acceptors (Lipinski definition) is 6. The number of rotatable bonds is 9. The number of carbonyl (C=O) groups excluding carboxylic acids is 2. The standard InChI is InChI=1S/C19H26ClNO6/c1-5-10(2)27-19(25)14(8-17(23)24)6-13-7-16(20)18(21)11(3)15(13)9-26-12(4)22/h7,10,14H,5-6,8-9,21H2,1-4H3,(H,23,24). The molecule has 150 valence electrons. The Balaban J connectivity index is 3.23. The molecule has 1 aromatic carbocycles. The molecule has 1 aromatic rings. The minimum absolute atomic E-state index is 0.0436.